The molecular formula is C28H40F2O2. The van der Waals surface area contributed by atoms with Crippen molar-refractivity contribution < 1.29 is 18.3 Å². The first kappa shape index (κ1) is 26.2. The third-order valence-corrected chi connectivity index (χ3v) is 5.67. The van der Waals surface area contributed by atoms with Gasteiger partial charge in [0.2, 0.25) is 0 Å². The maximum Gasteiger partial charge on any atom is 0.134 e. The van der Waals surface area contributed by atoms with E-state index in [9.17, 15) is 8.78 Å². The lowest BCUT2D eigenvalue weighted by Gasteiger charge is -2.12. The first-order valence-electron chi connectivity index (χ1n) is 12.4. The molecule has 0 unspecified atom stereocenters. The summed E-state index contributed by atoms with van der Waals surface area (Å²) in [6.45, 7) is 5.03. The standard InChI is InChI=1S/C28H40F2O2/c1-3-5-7-9-10-12-20-31-25-16-14-23(15-17-25)27-19-18-26(21-28(27)30)32-22-24(29)13-11-8-6-4-2/h14-19,21,24H,3-13,20,22H2,1-2H3/t24-/m1/s1. The largest absolute Gasteiger partial charge is 0.494 e. The minimum atomic E-state index is -1.02. The molecule has 178 valence electrons. The molecule has 2 rings (SSSR count). The summed E-state index contributed by atoms with van der Waals surface area (Å²) in [7, 11) is 0. The third kappa shape index (κ3) is 10.0. The topological polar surface area (TPSA) is 18.5 Å². The van der Waals surface area contributed by atoms with Gasteiger partial charge in [-0.25, -0.2) is 8.78 Å². The van der Waals surface area contributed by atoms with Crippen molar-refractivity contribution in [2.24, 2.45) is 0 Å². The first-order chi connectivity index (χ1) is 15.6. The van der Waals surface area contributed by atoms with Crippen LogP contribution in [-0.4, -0.2) is 19.4 Å². The molecule has 0 radical (unpaired) electrons. The van der Waals surface area contributed by atoms with E-state index in [1.54, 1.807) is 12.1 Å². The molecule has 0 N–H and O–H groups in total. The lowest BCUT2D eigenvalue weighted by Crippen LogP contribution is -2.12. The van der Waals surface area contributed by atoms with Gasteiger partial charge in [-0.2, -0.15) is 0 Å². The Morgan fingerprint density at radius 1 is 0.719 bits per heavy atom. The van der Waals surface area contributed by atoms with Crippen LogP contribution < -0.4 is 9.47 Å². The van der Waals surface area contributed by atoms with Gasteiger partial charge in [0.05, 0.1) is 6.61 Å². The number of hydrogen-bond acceptors (Lipinski definition) is 2. The predicted molar refractivity (Wildman–Crippen MR) is 130 cm³/mol. The van der Waals surface area contributed by atoms with Gasteiger partial charge in [0.1, 0.15) is 30.1 Å². The highest BCUT2D eigenvalue weighted by Gasteiger charge is 2.10. The van der Waals surface area contributed by atoms with E-state index >= 15 is 0 Å². The van der Waals surface area contributed by atoms with Gasteiger partial charge in [0.15, 0.2) is 0 Å². The van der Waals surface area contributed by atoms with E-state index in [-0.39, 0.29) is 12.4 Å². The van der Waals surface area contributed by atoms with E-state index in [4.69, 9.17) is 9.47 Å². The fourth-order valence-electron chi connectivity index (χ4n) is 3.69. The van der Waals surface area contributed by atoms with Gasteiger partial charge in [-0.3, -0.25) is 0 Å². The number of rotatable bonds is 17. The highest BCUT2D eigenvalue weighted by Crippen LogP contribution is 2.28. The molecule has 32 heavy (non-hydrogen) atoms. The van der Waals surface area contributed by atoms with Crippen LogP contribution in [0.2, 0.25) is 0 Å². The number of unbranched alkanes of at least 4 members (excludes halogenated alkanes) is 8. The second kappa shape index (κ2) is 15.7. The minimum Gasteiger partial charge on any atom is -0.494 e. The molecule has 2 aromatic rings. The summed E-state index contributed by atoms with van der Waals surface area (Å²) in [6, 6.07) is 12.2. The number of alkyl halides is 1. The third-order valence-electron chi connectivity index (χ3n) is 5.67. The highest BCUT2D eigenvalue weighted by atomic mass is 19.1. The summed E-state index contributed by atoms with van der Waals surface area (Å²) in [5.41, 5.74) is 1.27. The molecule has 2 aromatic carbocycles. The lowest BCUT2D eigenvalue weighted by molar-refractivity contribution is 0.183. The summed E-state index contributed by atoms with van der Waals surface area (Å²) in [5, 5.41) is 0. The second-order valence-electron chi connectivity index (χ2n) is 8.54. The van der Waals surface area contributed by atoms with Crippen LogP contribution in [0.5, 0.6) is 11.5 Å². The van der Waals surface area contributed by atoms with E-state index in [2.05, 4.69) is 13.8 Å². The molecule has 4 heteroatoms. The zero-order chi connectivity index (χ0) is 23.0. The Hall–Kier alpha value is -2.10. The molecule has 0 amide bonds. The SMILES string of the molecule is CCCCCCCCOc1ccc(-c2ccc(OC[C@H](F)CCCCCC)cc2F)cc1. The first-order valence-corrected chi connectivity index (χ1v) is 12.4. The van der Waals surface area contributed by atoms with Crippen molar-refractivity contribution in [3.8, 4) is 22.6 Å². The Morgan fingerprint density at radius 3 is 2.03 bits per heavy atom. The second-order valence-corrected chi connectivity index (χ2v) is 8.54. The normalized spacial score (nSPS) is 12.0. The average molecular weight is 447 g/mol. The molecular weight excluding hydrogens is 406 g/mol. The summed E-state index contributed by atoms with van der Waals surface area (Å²) in [4.78, 5) is 0. The summed E-state index contributed by atoms with van der Waals surface area (Å²) < 4.78 is 39.8. The number of benzene rings is 2. The van der Waals surface area contributed by atoms with Crippen LogP contribution in [0.15, 0.2) is 42.5 Å². The van der Waals surface area contributed by atoms with E-state index in [1.165, 1.54) is 38.2 Å². The number of ether oxygens (including phenoxy) is 2. The Morgan fingerprint density at radius 2 is 1.34 bits per heavy atom. The predicted octanol–water partition coefficient (Wildman–Crippen LogP) is 8.92. The van der Waals surface area contributed by atoms with Crippen molar-refractivity contribution in [2.75, 3.05) is 13.2 Å². The van der Waals surface area contributed by atoms with Crippen molar-refractivity contribution in [2.45, 2.75) is 90.6 Å². The summed E-state index contributed by atoms with van der Waals surface area (Å²) in [5.74, 6) is 0.790. The molecule has 0 saturated carbocycles. The maximum absolute atomic E-state index is 14.6. The minimum absolute atomic E-state index is 0.0322. The highest BCUT2D eigenvalue weighted by molar-refractivity contribution is 5.65. The molecule has 0 heterocycles. The molecule has 2 nitrogen and oxygen atoms in total. The summed E-state index contributed by atoms with van der Waals surface area (Å²) >= 11 is 0. The molecule has 0 aliphatic heterocycles. The summed E-state index contributed by atoms with van der Waals surface area (Å²) in [6.07, 6.45) is 11.0. The zero-order valence-corrected chi connectivity index (χ0v) is 19.9. The number of hydrogen-bond donors (Lipinski definition) is 0. The van der Waals surface area contributed by atoms with Crippen molar-refractivity contribution in [3.05, 3.63) is 48.3 Å². The zero-order valence-electron chi connectivity index (χ0n) is 19.9. The lowest BCUT2D eigenvalue weighted by atomic mass is 10.0. The fraction of sp³-hybridized carbons (Fsp3) is 0.571. The molecule has 0 bridgehead atoms. The Bertz CT molecular complexity index is 746. The van der Waals surface area contributed by atoms with E-state index in [1.807, 2.05) is 24.3 Å². The average Bonchev–Trinajstić information content (AvgIpc) is 2.80. The molecule has 0 aliphatic rings. The van der Waals surface area contributed by atoms with E-state index in [0.29, 0.717) is 24.3 Å². The Kier molecular flexibility index (Phi) is 12.8. The molecule has 1 atom stereocenters. The van der Waals surface area contributed by atoms with Crippen molar-refractivity contribution in [1.82, 2.24) is 0 Å². The fourth-order valence-corrected chi connectivity index (χ4v) is 3.69. The Labute approximate surface area is 193 Å². The Balaban J connectivity index is 1.77. The van der Waals surface area contributed by atoms with Crippen molar-refractivity contribution >= 4 is 0 Å². The van der Waals surface area contributed by atoms with Gasteiger partial charge in [-0.05, 0) is 42.7 Å². The van der Waals surface area contributed by atoms with Crippen molar-refractivity contribution in [3.63, 3.8) is 0 Å². The van der Waals surface area contributed by atoms with Gasteiger partial charge in [0, 0.05) is 11.6 Å². The molecule has 0 saturated heterocycles. The van der Waals surface area contributed by atoms with Gasteiger partial charge < -0.3 is 9.47 Å². The van der Waals surface area contributed by atoms with E-state index < -0.39 is 6.17 Å². The molecule has 0 aliphatic carbocycles. The maximum atomic E-state index is 14.6. The monoisotopic (exact) mass is 446 g/mol. The molecule has 0 spiro atoms. The molecule has 0 aromatic heterocycles. The van der Waals surface area contributed by atoms with Crippen LogP contribution in [0.1, 0.15) is 84.5 Å². The van der Waals surface area contributed by atoms with Crippen LogP contribution >= 0.6 is 0 Å². The van der Waals surface area contributed by atoms with Gasteiger partial charge in [-0.15, -0.1) is 0 Å². The van der Waals surface area contributed by atoms with Crippen LogP contribution in [0.25, 0.3) is 11.1 Å². The smallest absolute Gasteiger partial charge is 0.134 e. The quantitative estimate of drug-likeness (QED) is 0.226. The van der Waals surface area contributed by atoms with Crippen LogP contribution in [-0.2, 0) is 0 Å². The van der Waals surface area contributed by atoms with Gasteiger partial charge >= 0.3 is 0 Å². The van der Waals surface area contributed by atoms with Crippen molar-refractivity contribution in [1.29, 1.82) is 0 Å². The van der Waals surface area contributed by atoms with Crippen LogP contribution in [0, 0.1) is 5.82 Å². The van der Waals surface area contributed by atoms with Crippen LogP contribution in [0.4, 0.5) is 8.78 Å². The van der Waals surface area contributed by atoms with Gasteiger partial charge in [-0.1, -0.05) is 83.8 Å². The van der Waals surface area contributed by atoms with Gasteiger partial charge in [0.25, 0.3) is 0 Å². The van der Waals surface area contributed by atoms with Crippen LogP contribution in [0.3, 0.4) is 0 Å². The van der Waals surface area contributed by atoms with E-state index in [0.717, 1.165) is 43.4 Å². The molecule has 0 fully saturated rings. The number of halogens is 2.